The van der Waals surface area contributed by atoms with E-state index in [1.807, 2.05) is 13.8 Å². The Kier molecular flexibility index (Phi) is 6.41. The minimum Gasteiger partial charge on any atom is -0.303 e. The SMILES string of the molecule is C#CC(C)C(CCOP(=O)(O)O)C(C)C#C. The lowest BCUT2D eigenvalue weighted by molar-refractivity contribution is 0.171. The zero-order chi connectivity index (χ0) is 12.8. The van der Waals surface area contributed by atoms with Crippen LogP contribution >= 0.6 is 7.82 Å². The van der Waals surface area contributed by atoms with Crippen molar-refractivity contribution in [3.05, 3.63) is 0 Å². The highest BCUT2D eigenvalue weighted by molar-refractivity contribution is 7.46. The van der Waals surface area contributed by atoms with Gasteiger partial charge in [0.15, 0.2) is 0 Å². The van der Waals surface area contributed by atoms with Gasteiger partial charge in [0, 0.05) is 11.8 Å². The Labute approximate surface area is 96.6 Å². The number of hydrogen-bond donors (Lipinski definition) is 2. The summed E-state index contributed by atoms with van der Waals surface area (Å²) in [6.45, 7) is 3.67. The van der Waals surface area contributed by atoms with Gasteiger partial charge in [0.25, 0.3) is 0 Å². The van der Waals surface area contributed by atoms with Gasteiger partial charge in [0.1, 0.15) is 0 Å². The molecule has 4 nitrogen and oxygen atoms in total. The molecule has 0 rings (SSSR count). The standard InChI is InChI=1S/C11H17O4P/c1-5-9(3)11(10(4)6-2)7-8-15-16(12,13)14/h1-2,9-11H,7-8H2,3-4H3,(H2,12,13,14). The molecule has 0 spiro atoms. The van der Waals surface area contributed by atoms with E-state index in [9.17, 15) is 4.57 Å². The molecular formula is C11H17O4P. The molecule has 0 amide bonds. The second-order valence-electron chi connectivity index (χ2n) is 3.69. The van der Waals surface area contributed by atoms with Crippen molar-refractivity contribution >= 4 is 7.82 Å². The molecule has 0 bridgehead atoms. The highest BCUT2D eigenvalue weighted by Crippen LogP contribution is 2.36. The van der Waals surface area contributed by atoms with E-state index in [1.54, 1.807) is 0 Å². The van der Waals surface area contributed by atoms with Crippen LogP contribution in [0.4, 0.5) is 0 Å². The van der Waals surface area contributed by atoms with E-state index >= 15 is 0 Å². The molecular weight excluding hydrogens is 227 g/mol. The van der Waals surface area contributed by atoms with Gasteiger partial charge in [-0.25, -0.2) is 4.57 Å². The van der Waals surface area contributed by atoms with Crippen LogP contribution in [0.15, 0.2) is 0 Å². The van der Waals surface area contributed by atoms with E-state index in [-0.39, 0.29) is 24.4 Å². The number of hydrogen-bond acceptors (Lipinski definition) is 2. The van der Waals surface area contributed by atoms with Gasteiger partial charge in [0.05, 0.1) is 6.61 Å². The maximum absolute atomic E-state index is 10.5. The van der Waals surface area contributed by atoms with Crippen molar-refractivity contribution in [3.8, 4) is 24.7 Å². The van der Waals surface area contributed by atoms with Crippen molar-refractivity contribution in [3.63, 3.8) is 0 Å². The largest absolute Gasteiger partial charge is 0.469 e. The number of phosphoric ester groups is 1. The summed E-state index contributed by atoms with van der Waals surface area (Å²) in [5, 5.41) is 0. The van der Waals surface area contributed by atoms with Gasteiger partial charge in [0.2, 0.25) is 0 Å². The predicted molar refractivity (Wildman–Crippen MR) is 62.1 cm³/mol. The van der Waals surface area contributed by atoms with Crippen LogP contribution in [-0.4, -0.2) is 16.4 Å². The summed E-state index contributed by atoms with van der Waals surface area (Å²) < 4.78 is 14.9. The molecule has 0 aliphatic rings. The van der Waals surface area contributed by atoms with Crippen molar-refractivity contribution in [2.45, 2.75) is 20.3 Å². The predicted octanol–water partition coefficient (Wildman–Crippen LogP) is 1.64. The topological polar surface area (TPSA) is 66.8 Å². The Morgan fingerprint density at radius 2 is 1.69 bits per heavy atom. The summed E-state index contributed by atoms with van der Waals surface area (Å²) in [5.74, 6) is 5.07. The van der Waals surface area contributed by atoms with Crippen LogP contribution in [0.25, 0.3) is 0 Å². The third-order valence-electron chi connectivity index (χ3n) is 2.52. The molecule has 0 heterocycles. The first-order valence-electron chi connectivity index (χ1n) is 4.94. The maximum atomic E-state index is 10.5. The summed E-state index contributed by atoms with van der Waals surface area (Å²) in [4.78, 5) is 17.1. The lowest BCUT2D eigenvalue weighted by atomic mass is 9.82. The average molecular weight is 244 g/mol. The van der Waals surface area contributed by atoms with Crippen LogP contribution in [0.5, 0.6) is 0 Å². The Bertz CT molecular complexity index is 313. The molecule has 0 aromatic rings. The third kappa shape index (κ3) is 5.95. The van der Waals surface area contributed by atoms with E-state index in [2.05, 4.69) is 16.4 Å². The molecule has 0 aliphatic carbocycles. The van der Waals surface area contributed by atoms with Gasteiger partial charge in [-0.15, -0.1) is 24.7 Å². The van der Waals surface area contributed by atoms with Gasteiger partial charge in [-0.1, -0.05) is 13.8 Å². The quantitative estimate of drug-likeness (QED) is 0.550. The van der Waals surface area contributed by atoms with Gasteiger partial charge in [-0.2, -0.15) is 0 Å². The lowest BCUT2D eigenvalue weighted by Crippen LogP contribution is -2.19. The van der Waals surface area contributed by atoms with Crippen LogP contribution in [0.3, 0.4) is 0 Å². The zero-order valence-corrected chi connectivity index (χ0v) is 10.4. The van der Waals surface area contributed by atoms with Crippen molar-refractivity contribution in [1.82, 2.24) is 0 Å². The van der Waals surface area contributed by atoms with Crippen LogP contribution in [0.1, 0.15) is 20.3 Å². The van der Waals surface area contributed by atoms with Crippen molar-refractivity contribution in [2.24, 2.45) is 17.8 Å². The molecule has 90 valence electrons. The number of rotatable bonds is 6. The summed E-state index contributed by atoms with van der Waals surface area (Å²) in [6.07, 6.45) is 11.1. The van der Waals surface area contributed by atoms with E-state index in [0.717, 1.165) is 0 Å². The first-order valence-corrected chi connectivity index (χ1v) is 6.47. The molecule has 2 N–H and O–H groups in total. The smallest absolute Gasteiger partial charge is 0.303 e. The number of phosphoric acid groups is 1. The van der Waals surface area contributed by atoms with Crippen molar-refractivity contribution < 1.29 is 18.9 Å². The summed E-state index contributed by atoms with van der Waals surface area (Å²) in [5.41, 5.74) is 0. The van der Waals surface area contributed by atoms with Gasteiger partial charge < -0.3 is 9.79 Å². The Hall–Kier alpha value is -0.770. The van der Waals surface area contributed by atoms with Crippen molar-refractivity contribution in [2.75, 3.05) is 6.61 Å². The zero-order valence-electron chi connectivity index (χ0n) is 9.46. The Morgan fingerprint density at radius 1 is 1.25 bits per heavy atom. The van der Waals surface area contributed by atoms with E-state index in [1.165, 1.54) is 0 Å². The molecule has 2 atom stereocenters. The normalized spacial score (nSPS) is 16.9. The van der Waals surface area contributed by atoms with Gasteiger partial charge in [-0.3, -0.25) is 4.52 Å². The summed E-state index contributed by atoms with van der Waals surface area (Å²) in [6, 6.07) is 0. The molecule has 16 heavy (non-hydrogen) atoms. The van der Waals surface area contributed by atoms with Crippen LogP contribution in [0, 0.1) is 42.4 Å². The maximum Gasteiger partial charge on any atom is 0.469 e. The molecule has 0 aliphatic heterocycles. The molecule has 2 unspecified atom stereocenters. The number of terminal acetylenes is 2. The van der Waals surface area contributed by atoms with Gasteiger partial charge in [-0.05, 0) is 12.3 Å². The molecule has 0 saturated carbocycles. The summed E-state index contributed by atoms with van der Waals surface area (Å²) in [7, 11) is -4.40. The second kappa shape index (κ2) is 6.74. The third-order valence-corrected chi connectivity index (χ3v) is 3.04. The Morgan fingerprint density at radius 3 is 2.00 bits per heavy atom. The highest BCUT2D eigenvalue weighted by Gasteiger charge is 2.22. The van der Waals surface area contributed by atoms with E-state index in [0.29, 0.717) is 6.42 Å². The Balaban J connectivity index is 4.31. The van der Waals surface area contributed by atoms with Crippen LogP contribution in [-0.2, 0) is 9.09 Å². The minimum absolute atomic E-state index is 0.00144. The monoisotopic (exact) mass is 244 g/mol. The molecule has 0 aromatic heterocycles. The van der Waals surface area contributed by atoms with Crippen molar-refractivity contribution in [1.29, 1.82) is 0 Å². The van der Waals surface area contributed by atoms with Crippen LogP contribution < -0.4 is 0 Å². The first-order chi connectivity index (χ1) is 7.31. The lowest BCUT2D eigenvalue weighted by Gasteiger charge is -2.23. The molecule has 0 saturated heterocycles. The fraction of sp³-hybridized carbons (Fsp3) is 0.636. The van der Waals surface area contributed by atoms with E-state index < -0.39 is 7.82 Å². The average Bonchev–Trinajstić information content (AvgIpc) is 2.21. The van der Waals surface area contributed by atoms with Crippen LogP contribution in [0.2, 0.25) is 0 Å². The fourth-order valence-electron chi connectivity index (χ4n) is 1.49. The summed E-state index contributed by atoms with van der Waals surface area (Å²) >= 11 is 0. The molecule has 0 aromatic carbocycles. The minimum atomic E-state index is -4.40. The molecule has 0 radical (unpaired) electrons. The van der Waals surface area contributed by atoms with Gasteiger partial charge >= 0.3 is 7.82 Å². The first kappa shape index (κ1) is 15.2. The second-order valence-corrected chi connectivity index (χ2v) is 4.93. The molecule has 5 heteroatoms. The fourth-order valence-corrected chi connectivity index (χ4v) is 1.83. The molecule has 0 fully saturated rings. The highest BCUT2D eigenvalue weighted by atomic mass is 31.2. The van der Waals surface area contributed by atoms with E-state index in [4.69, 9.17) is 22.6 Å².